The first-order valence-electron chi connectivity index (χ1n) is 13.8. The Bertz CT molecular complexity index is 2050. The van der Waals surface area contributed by atoms with Crippen LogP contribution >= 0.6 is 0 Å². The van der Waals surface area contributed by atoms with Crippen molar-refractivity contribution in [2.24, 2.45) is 0 Å². The molecule has 7 aromatic carbocycles. The lowest BCUT2D eigenvalue weighted by atomic mass is 9.96. The van der Waals surface area contributed by atoms with E-state index in [9.17, 15) is 0 Å². The van der Waals surface area contributed by atoms with Crippen molar-refractivity contribution in [3.8, 4) is 34.1 Å². The molecule has 8 rings (SSSR count). The molecule has 0 amide bonds. The van der Waals surface area contributed by atoms with Gasteiger partial charge in [-0.2, -0.15) is 0 Å². The number of hydrogen-bond acceptors (Lipinski definition) is 3. The van der Waals surface area contributed by atoms with Crippen molar-refractivity contribution in [1.82, 2.24) is 0 Å². The van der Waals surface area contributed by atoms with Crippen molar-refractivity contribution in [1.29, 1.82) is 0 Å². The van der Waals surface area contributed by atoms with E-state index in [0.717, 1.165) is 39.3 Å². The highest BCUT2D eigenvalue weighted by Crippen LogP contribution is 2.49. The first-order chi connectivity index (χ1) is 20.3. The second kappa shape index (κ2) is 9.58. The summed E-state index contributed by atoms with van der Waals surface area (Å²) < 4.78 is 13.0. The average Bonchev–Trinajstić information content (AvgIpc) is 3.19. The lowest BCUT2D eigenvalue weighted by molar-refractivity contribution is 0.439. The van der Waals surface area contributed by atoms with Crippen LogP contribution in [0.15, 0.2) is 152 Å². The molecule has 41 heavy (non-hydrogen) atoms. The summed E-state index contributed by atoms with van der Waals surface area (Å²) in [4.78, 5) is 2.29. The number of nitrogens with zero attached hydrogens (tertiary/aromatic N) is 1. The number of ether oxygens (including phenoxy) is 2. The van der Waals surface area contributed by atoms with Crippen LogP contribution < -0.4 is 14.4 Å². The van der Waals surface area contributed by atoms with Gasteiger partial charge in [0, 0.05) is 17.1 Å². The van der Waals surface area contributed by atoms with Gasteiger partial charge in [0.05, 0.1) is 16.8 Å². The van der Waals surface area contributed by atoms with E-state index in [4.69, 9.17) is 9.47 Å². The summed E-state index contributed by atoms with van der Waals surface area (Å²) in [5.74, 6) is 2.96. The quantitative estimate of drug-likeness (QED) is 0.227. The van der Waals surface area contributed by atoms with Gasteiger partial charge in [-0.1, -0.05) is 103 Å². The van der Waals surface area contributed by atoms with E-state index in [-0.39, 0.29) is 0 Å². The summed E-state index contributed by atoms with van der Waals surface area (Å²) in [5, 5.41) is 4.44. The van der Waals surface area contributed by atoms with Crippen LogP contribution in [0.4, 0.5) is 17.1 Å². The summed E-state index contributed by atoms with van der Waals surface area (Å²) in [7, 11) is 0. The number of anilines is 3. The largest absolute Gasteiger partial charge is 0.453 e. The molecule has 0 saturated heterocycles. The third kappa shape index (κ3) is 3.98. The molecule has 3 nitrogen and oxygen atoms in total. The molecule has 7 aromatic rings. The minimum absolute atomic E-state index is 0.678. The van der Waals surface area contributed by atoms with Crippen molar-refractivity contribution in [2.45, 2.75) is 0 Å². The second-order valence-corrected chi connectivity index (χ2v) is 10.2. The van der Waals surface area contributed by atoms with Gasteiger partial charge in [-0.25, -0.2) is 0 Å². The maximum atomic E-state index is 6.55. The first-order valence-corrected chi connectivity index (χ1v) is 13.8. The minimum Gasteiger partial charge on any atom is -0.453 e. The highest BCUT2D eigenvalue weighted by molar-refractivity contribution is 6.06. The van der Waals surface area contributed by atoms with Gasteiger partial charge in [0.2, 0.25) is 0 Å². The zero-order valence-corrected chi connectivity index (χ0v) is 22.2. The predicted molar refractivity (Wildman–Crippen MR) is 168 cm³/mol. The lowest BCUT2D eigenvalue weighted by Crippen LogP contribution is -2.10. The summed E-state index contributed by atoms with van der Waals surface area (Å²) >= 11 is 0. The molecule has 0 atom stereocenters. The summed E-state index contributed by atoms with van der Waals surface area (Å²) in [6.07, 6.45) is 0. The average molecular weight is 528 g/mol. The van der Waals surface area contributed by atoms with E-state index in [1.165, 1.54) is 21.9 Å². The van der Waals surface area contributed by atoms with Crippen molar-refractivity contribution in [3.05, 3.63) is 152 Å². The fourth-order valence-electron chi connectivity index (χ4n) is 5.83. The van der Waals surface area contributed by atoms with E-state index < -0.39 is 0 Å². The van der Waals surface area contributed by atoms with Crippen LogP contribution in [0, 0.1) is 0 Å². The van der Waals surface area contributed by atoms with Gasteiger partial charge >= 0.3 is 0 Å². The smallest absolute Gasteiger partial charge is 0.172 e. The number of hydrogen-bond donors (Lipinski definition) is 0. The molecule has 3 heteroatoms. The number of para-hydroxylation sites is 1. The van der Waals surface area contributed by atoms with Crippen molar-refractivity contribution in [2.75, 3.05) is 4.90 Å². The van der Waals surface area contributed by atoms with Crippen LogP contribution in [-0.4, -0.2) is 0 Å². The predicted octanol–water partition coefficient (Wildman–Crippen LogP) is 11.0. The zero-order chi connectivity index (χ0) is 27.2. The third-order valence-electron chi connectivity index (χ3n) is 7.69. The third-order valence-corrected chi connectivity index (χ3v) is 7.69. The second-order valence-electron chi connectivity index (χ2n) is 10.2. The Kier molecular flexibility index (Phi) is 5.46. The number of fused-ring (bicyclic) bond motifs is 2. The summed E-state index contributed by atoms with van der Waals surface area (Å²) in [6, 6.07) is 52.5. The Balaban J connectivity index is 1.32. The number of rotatable bonds is 4. The normalized spacial score (nSPS) is 11.8. The van der Waals surface area contributed by atoms with Gasteiger partial charge in [-0.15, -0.1) is 0 Å². The van der Waals surface area contributed by atoms with Gasteiger partial charge in [0.1, 0.15) is 11.5 Å². The van der Waals surface area contributed by atoms with Crippen LogP contribution in [0.1, 0.15) is 0 Å². The fraction of sp³-hybridized carbons (Fsp3) is 0. The highest BCUT2D eigenvalue weighted by Gasteiger charge is 2.22. The maximum absolute atomic E-state index is 6.55. The highest BCUT2D eigenvalue weighted by atomic mass is 16.5. The molecule has 1 heterocycles. The van der Waals surface area contributed by atoms with E-state index >= 15 is 0 Å². The number of benzene rings is 7. The molecule has 0 bridgehead atoms. The molecule has 0 fully saturated rings. The molecule has 0 unspecified atom stereocenters. The minimum atomic E-state index is 0.678. The van der Waals surface area contributed by atoms with E-state index in [1.54, 1.807) is 0 Å². The maximum Gasteiger partial charge on any atom is 0.172 e. The van der Waals surface area contributed by atoms with Crippen molar-refractivity contribution >= 4 is 38.6 Å². The van der Waals surface area contributed by atoms with E-state index in [0.29, 0.717) is 11.5 Å². The Morgan fingerprint density at radius 1 is 0.415 bits per heavy atom. The molecular formula is C38H25NO2. The summed E-state index contributed by atoms with van der Waals surface area (Å²) in [6.45, 7) is 0. The van der Waals surface area contributed by atoms with Crippen LogP contribution in [0.5, 0.6) is 23.0 Å². The van der Waals surface area contributed by atoms with E-state index in [1.807, 2.05) is 36.4 Å². The molecule has 0 aliphatic carbocycles. The van der Waals surface area contributed by atoms with Gasteiger partial charge in [-0.05, 0) is 64.4 Å². The molecule has 0 saturated carbocycles. The topological polar surface area (TPSA) is 21.7 Å². The Labute approximate surface area is 238 Å². The SMILES string of the molecule is c1ccc(-c2ccc(N(c3ccccc3)c3ccc4c(c3)Oc3cccc5cccc(c35)O4)c3ccccc23)cc1. The molecule has 194 valence electrons. The van der Waals surface area contributed by atoms with E-state index in [2.05, 4.69) is 120 Å². The van der Waals surface area contributed by atoms with Gasteiger partial charge in [0.25, 0.3) is 0 Å². The Morgan fingerprint density at radius 3 is 1.83 bits per heavy atom. The van der Waals surface area contributed by atoms with Crippen LogP contribution in [-0.2, 0) is 0 Å². The van der Waals surface area contributed by atoms with Crippen LogP contribution in [0.25, 0.3) is 32.7 Å². The van der Waals surface area contributed by atoms with Gasteiger partial charge in [-0.3, -0.25) is 0 Å². The van der Waals surface area contributed by atoms with Gasteiger partial charge < -0.3 is 14.4 Å². The first kappa shape index (κ1) is 23.4. The molecule has 0 radical (unpaired) electrons. The fourth-order valence-corrected chi connectivity index (χ4v) is 5.83. The van der Waals surface area contributed by atoms with Crippen molar-refractivity contribution < 1.29 is 9.47 Å². The summed E-state index contributed by atoms with van der Waals surface area (Å²) in [5.41, 5.74) is 5.54. The lowest BCUT2D eigenvalue weighted by Gasteiger charge is -2.28. The van der Waals surface area contributed by atoms with Crippen LogP contribution in [0.2, 0.25) is 0 Å². The molecular weight excluding hydrogens is 502 g/mol. The molecule has 0 N–H and O–H groups in total. The molecule has 1 aliphatic heterocycles. The van der Waals surface area contributed by atoms with Gasteiger partial charge in [0.15, 0.2) is 11.5 Å². The zero-order valence-electron chi connectivity index (χ0n) is 22.2. The molecule has 0 aromatic heterocycles. The molecule has 0 spiro atoms. The van der Waals surface area contributed by atoms with Crippen molar-refractivity contribution in [3.63, 3.8) is 0 Å². The molecule has 1 aliphatic rings. The van der Waals surface area contributed by atoms with Crippen LogP contribution in [0.3, 0.4) is 0 Å². The monoisotopic (exact) mass is 527 g/mol. The Morgan fingerprint density at radius 2 is 1.07 bits per heavy atom. The Hall–Kier alpha value is -5.54. The standard InChI is InChI=1S/C38H25NO2/c1-3-11-26(12-4-1)30-22-23-33(32-18-8-7-17-31(30)32)39(28-15-5-2-6-16-28)29-21-24-34-37(25-29)41-36-20-10-14-27-13-9-19-35(40-34)38(27)36/h1-25H.